The van der Waals surface area contributed by atoms with Gasteiger partial charge in [0.05, 0.1) is 5.75 Å². The SMILES string of the molecule is CCn1ccnc1CSc1cccc(CNCC(C)C)c1. The Kier molecular flexibility index (Phi) is 6.33. The Morgan fingerprint density at radius 1 is 1.33 bits per heavy atom. The maximum Gasteiger partial charge on any atom is 0.119 e. The third-order valence-electron chi connectivity index (χ3n) is 3.29. The first-order valence-electron chi connectivity index (χ1n) is 7.61. The van der Waals surface area contributed by atoms with E-state index in [9.17, 15) is 0 Å². The van der Waals surface area contributed by atoms with Crippen molar-refractivity contribution >= 4 is 11.8 Å². The van der Waals surface area contributed by atoms with Crippen molar-refractivity contribution in [2.75, 3.05) is 6.54 Å². The minimum Gasteiger partial charge on any atom is -0.335 e. The number of benzene rings is 1. The van der Waals surface area contributed by atoms with Gasteiger partial charge in [0.15, 0.2) is 0 Å². The number of thioether (sulfide) groups is 1. The maximum absolute atomic E-state index is 4.42. The van der Waals surface area contributed by atoms with Gasteiger partial charge < -0.3 is 9.88 Å². The van der Waals surface area contributed by atoms with Crippen molar-refractivity contribution in [3.8, 4) is 0 Å². The van der Waals surface area contributed by atoms with E-state index >= 15 is 0 Å². The summed E-state index contributed by atoms with van der Waals surface area (Å²) in [7, 11) is 0. The lowest BCUT2D eigenvalue weighted by Crippen LogP contribution is -2.18. The van der Waals surface area contributed by atoms with Gasteiger partial charge in [-0.05, 0) is 37.1 Å². The number of aromatic nitrogens is 2. The van der Waals surface area contributed by atoms with Gasteiger partial charge in [-0.1, -0.05) is 26.0 Å². The number of nitrogens with zero attached hydrogens (tertiary/aromatic N) is 2. The molecular weight excluding hydrogens is 278 g/mol. The molecule has 3 nitrogen and oxygen atoms in total. The topological polar surface area (TPSA) is 29.9 Å². The Hall–Kier alpha value is -1.26. The summed E-state index contributed by atoms with van der Waals surface area (Å²) >= 11 is 1.85. The van der Waals surface area contributed by atoms with Gasteiger partial charge in [-0.15, -0.1) is 11.8 Å². The summed E-state index contributed by atoms with van der Waals surface area (Å²) in [6.07, 6.45) is 3.92. The molecule has 0 amide bonds. The van der Waals surface area contributed by atoms with Crippen LogP contribution in [-0.4, -0.2) is 16.1 Å². The summed E-state index contributed by atoms with van der Waals surface area (Å²) in [5, 5.41) is 3.49. The zero-order valence-electron chi connectivity index (χ0n) is 13.2. The number of imidazole rings is 1. The van der Waals surface area contributed by atoms with Crippen molar-refractivity contribution in [3.63, 3.8) is 0 Å². The van der Waals surface area contributed by atoms with E-state index in [-0.39, 0.29) is 0 Å². The number of hydrogen-bond donors (Lipinski definition) is 1. The Morgan fingerprint density at radius 3 is 2.95 bits per heavy atom. The third-order valence-corrected chi connectivity index (χ3v) is 4.28. The molecule has 2 aromatic rings. The lowest BCUT2D eigenvalue weighted by atomic mass is 10.2. The fourth-order valence-electron chi connectivity index (χ4n) is 2.17. The smallest absolute Gasteiger partial charge is 0.119 e. The molecule has 1 N–H and O–H groups in total. The van der Waals surface area contributed by atoms with Crippen LogP contribution in [0.25, 0.3) is 0 Å². The monoisotopic (exact) mass is 303 g/mol. The highest BCUT2D eigenvalue weighted by Crippen LogP contribution is 2.23. The normalized spacial score (nSPS) is 11.2. The van der Waals surface area contributed by atoms with E-state index in [0.717, 1.165) is 31.2 Å². The number of aryl methyl sites for hydroxylation is 1. The minimum atomic E-state index is 0.690. The van der Waals surface area contributed by atoms with E-state index in [0.29, 0.717) is 5.92 Å². The van der Waals surface area contributed by atoms with Crippen LogP contribution in [0.3, 0.4) is 0 Å². The largest absolute Gasteiger partial charge is 0.335 e. The highest BCUT2D eigenvalue weighted by atomic mass is 32.2. The van der Waals surface area contributed by atoms with Crippen LogP contribution >= 0.6 is 11.8 Å². The molecule has 0 saturated carbocycles. The second kappa shape index (κ2) is 8.25. The molecule has 0 aliphatic carbocycles. The standard InChI is InChI=1S/C17H25N3S/c1-4-20-9-8-19-17(20)13-21-16-7-5-6-15(10-16)12-18-11-14(2)3/h5-10,14,18H,4,11-13H2,1-3H3. The molecule has 1 heterocycles. The van der Waals surface area contributed by atoms with Gasteiger partial charge in [0.1, 0.15) is 5.82 Å². The first-order chi connectivity index (χ1) is 10.2. The highest BCUT2D eigenvalue weighted by Gasteiger charge is 2.03. The molecule has 0 bridgehead atoms. The first kappa shape index (κ1) is 16.1. The van der Waals surface area contributed by atoms with Crippen LogP contribution in [0, 0.1) is 5.92 Å². The molecule has 1 aromatic carbocycles. The third kappa shape index (κ3) is 5.21. The Balaban J connectivity index is 1.89. The van der Waals surface area contributed by atoms with Crippen LogP contribution in [-0.2, 0) is 18.8 Å². The van der Waals surface area contributed by atoms with Crippen molar-refractivity contribution in [2.45, 2.75) is 44.5 Å². The van der Waals surface area contributed by atoms with Gasteiger partial charge in [-0.3, -0.25) is 0 Å². The molecule has 114 valence electrons. The van der Waals surface area contributed by atoms with Crippen LogP contribution in [0.2, 0.25) is 0 Å². The van der Waals surface area contributed by atoms with E-state index in [4.69, 9.17) is 0 Å². The quantitative estimate of drug-likeness (QED) is 0.749. The Labute approximate surface area is 132 Å². The predicted molar refractivity (Wildman–Crippen MR) is 90.4 cm³/mol. The second-order valence-electron chi connectivity index (χ2n) is 5.59. The fraction of sp³-hybridized carbons (Fsp3) is 0.471. The van der Waals surface area contributed by atoms with Crippen molar-refractivity contribution in [1.29, 1.82) is 0 Å². The molecular formula is C17H25N3S. The molecule has 21 heavy (non-hydrogen) atoms. The molecule has 1 aromatic heterocycles. The average molecular weight is 303 g/mol. The molecule has 2 rings (SSSR count). The summed E-state index contributed by atoms with van der Waals surface area (Å²) in [5.41, 5.74) is 1.35. The minimum absolute atomic E-state index is 0.690. The zero-order chi connectivity index (χ0) is 15.1. The summed E-state index contributed by atoms with van der Waals surface area (Å²) in [4.78, 5) is 5.73. The Bertz CT molecular complexity index is 548. The molecule has 0 aliphatic heterocycles. The fourth-order valence-corrected chi connectivity index (χ4v) is 3.11. The van der Waals surface area contributed by atoms with E-state index in [1.165, 1.54) is 10.5 Å². The number of rotatable bonds is 8. The molecule has 0 aliphatic rings. The van der Waals surface area contributed by atoms with E-state index in [1.54, 1.807) is 0 Å². The molecule has 0 spiro atoms. The maximum atomic E-state index is 4.42. The number of hydrogen-bond acceptors (Lipinski definition) is 3. The molecule has 4 heteroatoms. The molecule has 0 unspecified atom stereocenters. The van der Waals surface area contributed by atoms with Crippen molar-refractivity contribution < 1.29 is 0 Å². The summed E-state index contributed by atoms with van der Waals surface area (Å²) in [6.45, 7) is 9.59. The van der Waals surface area contributed by atoms with Crippen molar-refractivity contribution in [2.24, 2.45) is 5.92 Å². The first-order valence-corrected chi connectivity index (χ1v) is 8.60. The molecule has 0 fully saturated rings. The van der Waals surface area contributed by atoms with Gasteiger partial charge in [0.2, 0.25) is 0 Å². The number of nitrogens with one attached hydrogen (secondary N) is 1. The predicted octanol–water partition coefficient (Wildman–Crippen LogP) is 3.94. The summed E-state index contributed by atoms with van der Waals surface area (Å²) in [5.74, 6) is 2.75. The average Bonchev–Trinajstić information content (AvgIpc) is 2.92. The Morgan fingerprint density at radius 2 is 2.19 bits per heavy atom. The van der Waals surface area contributed by atoms with Crippen LogP contribution in [0.5, 0.6) is 0 Å². The second-order valence-corrected chi connectivity index (χ2v) is 6.64. The van der Waals surface area contributed by atoms with Gasteiger partial charge in [-0.25, -0.2) is 4.98 Å². The lowest BCUT2D eigenvalue weighted by Gasteiger charge is -2.09. The van der Waals surface area contributed by atoms with Gasteiger partial charge in [0.25, 0.3) is 0 Å². The van der Waals surface area contributed by atoms with Crippen LogP contribution < -0.4 is 5.32 Å². The molecule has 0 saturated heterocycles. The van der Waals surface area contributed by atoms with E-state index < -0.39 is 0 Å². The lowest BCUT2D eigenvalue weighted by molar-refractivity contribution is 0.552. The summed E-state index contributed by atoms with van der Waals surface area (Å²) in [6, 6.07) is 8.78. The van der Waals surface area contributed by atoms with E-state index in [2.05, 4.69) is 59.9 Å². The van der Waals surface area contributed by atoms with Crippen molar-refractivity contribution in [3.05, 3.63) is 48.0 Å². The van der Waals surface area contributed by atoms with Gasteiger partial charge in [0, 0.05) is 30.4 Å². The molecule has 0 radical (unpaired) electrons. The van der Waals surface area contributed by atoms with Crippen LogP contribution in [0.1, 0.15) is 32.2 Å². The van der Waals surface area contributed by atoms with Gasteiger partial charge >= 0.3 is 0 Å². The van der Waals surface area contributed by atoms with Crippen LogP contribution in [0.15, 0.2) is 41.6 Å². The molecule has 0 atom stereocenters. The summed E-state index contributed by atoms with van der Waals surface area (Å²) < 4.78 is 2.20. The van der Waals surface area contributed by atoms with Crippen molar-refractivity contribution in [1.82, 2.24) is 14.9 Å². The van der Waals surface area contributed by atoms with Crippen LogP contribution in [0.4, 0.5) is 0 Å². The van der Waals surface area contributed by atoms with E-state index in [1.807, 2.05) is 24.2 Å². The van der Waals surface area contributed by atoms with Gasteiger partial charge in [-0.2, -0.15) is 0 Å². The highest BCUT2D eigenvalue weighted by molar-refractivity contribution is 7.98. The zero-order valence-corrected chi connectivity index (χ0v) is 14.0.